The molecule has 0 aromatic carbocycles. The molecule has 0 atom stereocenters. The molecule has 0 fully saturated rings. The number of hydrogen-bond acceptors (Lipinski definition) is 4. The molecule has 0 unspecified atom stereocenters. The molecule has 1 amide bonds. The lowest BCUT2D eigenvalue weighted by Gasteiger charge is -2.05. The minimum absolute atomic E-state index is 0.0339. The van der Waals surface area contributed by atoms with Crippen molar-refractivity contribution >= 4 is 46.5 Å². The number of anilines is 1. The second-order valence-corrected chi connectivity index (χ2v) is 4.28. The third-order valence-corrected chi connectivity index (χ3v) is 2.62. The van der Waals surface area contributed by atoms with Crippen LogP contribution in [-0.2, 0) is 0 Å². The highest BCUT2D eigenvalue weighted by molar-refractivity contribution is 6.35. The second kappa shape index (κ2) is 5.48. The summed E-state index contributed by atoms with van der Waals surface area (Å²) in [6, 6.07) is 2.86. The van der Waals surface area contributed by atoms with Gasteiger partial charge in [-0.15, -0.1) is 0 Å². The van der Waals surface area contributed by atoms with E-state index in [-0.39, 0.29) is 26.8 Å². The van der Waals surface area contributed by atoms with Crippen LogP contribution in [0.3, 0.4) is 0 Å². The van der Waals surface area contributed by atoms with Gasteiger partial charge in [0, 0.05) is 12.4 Å². The van der Waals surface area contributed by atoms with E-state index in [9.17, 15) is 4.79 Å². The Morgan fingerprint density at radius 3 is 2.72 bits per heavy atom. The van der Waals surface area contributed by atoms with Gasteiger partial charge in [0.2, 0.25) is 5.28 Å². The van der Waals surface area contributed by atoms with Crippen LogP contribution in [0.2, 0.25) is 15.5 Å². The number of nitrogens with one attached hydrogen (secondary N) is 1. The molecule has 0 aliphatic heterocycles. The fourth-order valence-electron chi connectivity index (χ4n) is 1.18. The maximum Gasteiger partial charge on any atom is 0.258 e. The number of rotatable bonds is 2. The molecule has 0 spiro atoms. The Kier molecular flexibility index (Phi) is 3.96. The topological polar surface area (TPSA) is 67.8 Å². The van der Waals surface area contributed by atoms with Gasteiger partial charge in [0.25, 0.3) is 5.91 Å². The minimum atomic E-state index is -0.459. The fraction of sp³-hybridized carbons (Fsp3) is 0. The third-order valence-electron chi connectivity index (χ3n) is 1.93. The molecule has 2 aromatic heterocycles. The van der Waals surface area contributed by atoms with Gasteiger partial charge in [-0.05, 0) is 23.7 Å². The molecule has 8 heteroatoms. The van der Waals surface area contributed by atoms with Gasteiger partial charge in [-0.3, -0.25) is 4.79 Å². The minimum Gasteiger partial charge on any atom is -0.306 e. The number of aromatic nitrogens is 3. The average Bonchev–Trinajstić information content (AvgIpc) is 2.32. The van der Waals surface area contributed by atoms with Gasteiger partial charge < -0.3 is 5.32 Å². The lowest BCUT2D eigenvalue weighted by molar-refractivity contribution is 0.102. The lowest BCUT2D eigenvalue weighted by atomic mass is 10.2. The highest BCUT2D eigenvalue weighted by Crippen LogP contribution is 2.19. The highest BCUT2D eigenvalue weighted by atomic mass is 35.5. The van der Waals surface area contributed by atoms with E-state index in [1.54, 1.807) is 0 Å². The van der Waals surface area contributed by atoms with E-state index >= 15 is 0 Å². The first-order valence-electron chi connectivity index (χ1n) is 4.67. The van der Waals surface area contributed by atoms with Crippen molar-refractivity contribution in [2.75, 3.05) is 5.32 Å². The van der Waals surface area contributed by atoms with Crippen molar-refractivity contribution in [2.24, 2.45) is 0 Å². The van der Waals surface area contributed by atoms with Crippen molar-refractivity contribution in [1.82, 2.24) is 15.0 Å². The van der Waals surface area contributed by atoms with Gasteiger partial charge >= 0.3 is 0 Å². The smallest absolute Gasteiger partial charge is 0.258 e. The summed E-state index contributed by atoms with van der Waals surface area (Å²) in [6.45, 7) is 0. The van der Waals surface area contributed by atoms with Crippen molar-refractivity contribution < 1.29 is 4.79 Å². The molecule has 2 rings (SSSR count). The van der Waals surface area contributed by atoms with E-state index in [4.69, 9.17) is 34.8 Å². The number of nitrogens with zero attached hydrogens (tertiary/aromatic N) is 3. The summed E-state index contributed by atoms with van der Waals surface area (Å²) in [5, 5.41) is 2.92. The molecule has 18 heavy (non-hydrogen) atoms. The molecule has 0 saturated heterocycles. The average molecular weight is 304 g/mol. The lowest BCUT2D eigenvalue weighted by Crippen LogP contribution is -2.14. The van der Waals surface area contributed by atoms with Gasteiger partial charge in [-0.1, -0.05) is 23.2 Å². The summed E-state index contributed by atoms with van der Waals surface area (Å²) in [5.74, 6) is -0.192. The van der Waals surface area contributed by atoms with Crippen LogP contribution >= 0.6 is 34.8 Å². The van der Waals surface area contributed by atoms with Gasteiger partial charge in [0.1, 0.15) is 11.0 Å². The molecule has 2 aromatic rings. The Hall–Kier alpha value is -1.43. The van der Waals surface area contributed by atoms with Gasteiger partial charge in [-0.25, -0.2) is 15.0 Å². The highest BCUT2D eigenvalue weighted by Gasteiger charge is 2.12. The maximum atomic E-state index is 11.9. The Bertz CT molecular complexity index is 605. The van der Waals surface area contributed by atoms with E-state index < -0.39 is 5.91 Å². The Balaban J connectivity index is 2.24. The number of hydrogen-bond donors (Lipinski definition) is 1. The monoisotopic (exact) mass is 302 g/mol. The zero-order valence-electron chi connectivity index (χ0n) is 8.69. The second-order valence-electron chi connectivity index (χ2n) is 3.15. The Labute approximate surface area is 117 Å². The number of carbonyl (C=O) groups excluding carboxylic acids is 1. The first-order valence-corrected chi connectivity index (χ1v) is 5.80. The van der Waals surface area contributed by atoms with Crippen molar-refractivity contribution in [3.8, 4) is 0 Å². The first kappa shape index (κ1) is 13.0. The Morgan fingerprint density at radius 2 is 2.00 bits per heavy atom. The summed E-state index contributed by atoms with van der Waals surface area (Å²) in [6.07, 6.45) is 2.72. The molecule has 1 N–H and O–H groups in total. The van der Waals surface area contributed by atoms with Crippen LogP contribution in [-0.4, -0.2) is 20.9 Å². The van der Waals surface area contributed by atoms with Crippen molar-refractivity contribution in [2.45, 2.75) is 0 Å². The van der Waals surface area contributed by atoms with Crippen LogP contribution in [0.5, 0.6) is 0 Å². The molecule has 92 valence electrons. The maximum absolute atomic E-state index is 11.9. The summed E-state index contributed by atoms with van der Waals surface area (Å²) >= 11 is 17.1. The molecule has 2 heterocycles. The van der Waals surface area contributed by atoms with Crippen LogP contribution < -0.4 is 5.32 Å². The first-order chi connectivity index (χ1) is 8.56. The molecule has 0 radical (unpaired) electrons. The van der Waals surface area contributed by atoms with E-state index in [1.807, 2.05) is 0 Å². The molecule has 5 nitrogen and oxygen atoms in total. The number of amides is 1. The molecule has 0 aliphatic carbocycles. The zero-order chi connectivity index (χ0) is 13.1. The summed E-state index contributed by atoms with van der Waals surface area (Å²) in [5.41, 5.74) is 0.200. The number of carbonyl (C=O) groups is 1. The van der Waals surface area contributed by atoms with E-state index in [1.165, 1.54) is 24.5 Å². The van der Waals surface area contributed by atoms with Crippen molar-refractivity contribution in [3.05, 3.63) is 45.5 Å². The van der Waals surface area contributed by atoms with Crippen LogP contribution in [0.1, 0.15) is 10.4 Å². The van der Waals surface area contributed by atoms with Crippen LogP contribution in [0, 0.1) is 0 Å². The van der Waals surface area contributed by atoms with Gasteiger partial charge in [0.15, 0.2) is 0 Å². The van der Waals surface area contributed by atoms with Crippen molar-refractivity contribution in [1.29, 1.82) is 0 Å². The molecular weight excluding hydrogens is 298 g/mol. The number of halogens is 3. The molecular formula is C10H5Cl3N4O. The third kappa shape index (κ3) is 3.07. The van der Waals surface area contributed by atoms with Crippen molar-refractivity contribution in [3.63, 3.8) is 0 Å². The SMILES string of the molecule is O=C(Nc1ccnc(Cl)n1)c1cc(Cl)ncc1Cl. The number of pyridine rings is 1. The summed E-state index contributed by atoms with van der Waals surface area (Å²) < 4.78 is 0. The zero-order valence-corrected chi connectivity index (χ0v) is 11.0. The van der Waals surface area contributed by atoms with Crippen LogP contribution in [0.25, 0.3) is 0 Å². The van der Waals surface area contributed by atoms with Crippen LogP contribution in [0.15, 0.2) is 24.5 Å². The quantitative estimate of drug-likeness (QED) is 0.684. The predicted octanol–water partition coefficient (Wildman–Crippen LogP) is 3.08. The van der Waals surface area contributed by atoms with Crippen LogP contribution in [0.4, 0.5) is 5.82 Å². The standard InChI is InChI=1S/C10H5Cl3N4O/c11-6-4-15-7(12)3-5(6)9(18)16-8-1-2-14-10(13)17-8/h1-4H,(H,14,16,17,18). The van der Waals surface area contributed by atoms with Gasteiger partial charge in [-0.2, -0.15) is 0 Å². The Morgan fingerprint density at radius 1 is 1.22 bits per heavy atom. The van der Waals surface area contributed by atoms with E-state index in [0.29, 0.717) is 0 Å². The van der Waals surface area contributed by atoms with E-state index in [0.717, 1.165) is 0 Å². The van der Waals surface area contributed by atoms with E-state index in [2.05, 4.69) is 20.3 Å². The summed E-state index contributed by atoms with van der Waals surface area (Å²) in [7, 11) is 0. The fourth-order valence-corrected chi connectivity index (χ4v) is 1.67. The molecule has 0 aliphatic rings. The van der Waals surface area contributed by atoms with Gasteiger partial charge in [0.05, 0.1) is 10.6 Å². The normalized spacial score (nSPS) is 10.2. The molecule has 0 saturated carbocycles. The predicted molar refractivity (Wildman–Crippen MR) is 69.3 cm³/mol. The largest absolute Gasteiger partial charge is 0.306 e. The molecule has 0 bridgehead atoms. The summed E-state index contributed by atoms with van der Waals surface area (Å²) in [4.78, 5) is 23.2.